The molecule has 1 aliphatic heterocycles. The Morgan fingerprint density at radius 1 is 1.40 bits per heavy atom. The van der Waals surface area contributed by atoms with Crippen molar-refractivity contribution >= 4 is 56.1 Å². The monoisotopic (exact) mass is 462 g/mol. The minimum absolute atomic E-state index is 0.0455. The third-order valence-electron chi connectivity index (χ3n) is 4.60. The zero-order valence-electron chi connectivity index (χ0n) is 16.9. The van der Waals surface area contributed by atoms with Crippen LogP contribution in [0.2, 0.25) is 0 Å². The molecule has 2 aromatic heterocycles. The number of amides is 1. The van der Waals surface area contributed by atoms with Crippen LogP contribution < -0.4 is 10.9 Å². The van der Waals surface area contributed by atoms with Crippen molar-refractivity contribution in [2.24, 2.45) is 0 Å². The Labute approximate surface area is 186 Å². The number of hydrogen-bond donors (Lipinski definition) is 1. The first-order valence-corrected chi connectivity index (χ1v) is 12.2. The van der Waals surface area contributed by atoms with E-state index >= 15 is 0 Å². The standard InChI is InChI=1S/C20H22N4O3S3/c1-11-4-5-13-15(8-11)30-19(21-13)23-16(25)10-28-20-22-14-9-12(2)29-17(14)18(26)24(20)6-7-27-3/h4-5,8,12H,6-7,9-10H2,1-3H3,(H,21,23,25). The molecular formula is C20H22N4O3S3. The highest BCUT2D eigenvalue weighted by atomic mass is 32.2. The fourth-order valence-corrected chi connectivity index (χ4v) is 6.13. The van der Waals surface area contributed by atoms with Gasteiger partial charge in [0.05, 0.1) is 39.7 Å². The number of methoxy groups -OCH3 is 1. The van der Waals surface area contributed by atoms with Gasteiger partial charge in [-0.25, -0.2) is 9.97 Å². The molecule has 0 saturated heterocycles. The van der Waals surface area contributed by atoms with Crippen LogP contribution in [0.5, 0.6) is 0 Å². The molecule has 1 aromatic carbocycles. The number of aryl methyl sites for hydroxylation is 1. The molecule has 0 fully saturated rings. The third-order valence-corrected chi connectivity index (χ3v) is 7.73. The number of benzene rings is 1. The van der Waals surface area contributed by atoms with Crippen LogP contribution >= 0.6 is 34.9 Å². The van der Waals surface area contributed by atoms with E-state index in [1.54, 1.807) is 23.4 Å². The number of thioether (sulfide) groups is 2. The zero-order chi connectivity index (χ0) is 21.3. The van der Waals surface area contributed by atoms with Crippen molar-refractivity contribution in [3.05, 3.63) is 39.8 Å². The second-order valence-corrected chi connectivity index (χ2v) is 10.5. The Morgan fingerprint density at radius 3 is 3.03 bits per heavy atom. The van der Waals surface area contributed by atoms with Gasteiger partial charge >= 0.3 is 0 Å². The normalized spacial score (nSPS) is 15.5. The van der Waals surface area contributed by atoms with Crippen LogP contribution in [-0.4, -0.2) is 45.2 Å². The van der Waals surface area contributed by atoms with Gasteiger partial charge in [0, 0.05) is 18.8 Å². The summed E-state index contributed by atoms with van der Waals surface area (Å²) in [6, 6.07) is 6.01. The molecule has 3 aromatic rings. The maximum absolute atomic E-state index is 12.9. The fraction of sp³-hybridized carbons (Fsp3) is 0.400. The van der Waals surface area contributed by atoms with Crippen molar-refractivity contribution in [1.29, 1.82) is 0 Å². The van der Waals surface area contributed by atoms with Gasteiger partial charge in [-0.2, -0.15) is 0 Å². The fourth-order valence-electron chi connectivity index (χ4n) is 3.19. The lowest BCUT2D eigenvalue weighted by Gasteiger charge is -2.13. The number of nitrogens with zero attached hydrogens (tertiary/aromatic N) is 3. The second kappa shape index (κ2) is 9.09. The van der Waals surface area contributed by atoms with Gasteiger partial charge in [0.25, 0.3) is 5.56 Å². The van der Waals surface area contributed by atoms with Gasteiger partial charge in [-0.3, -0.25) is 14.2 Å². The molecule has 1 unspecified atom stereocenters. The SMILES string of the molecule is COCCn1c(SCC(=O)Nc2nc3ccc(C)cc3s2)nc2c(c1=O)SC(C)C2. The Morgan fingerprint density at radius 2 is 2.23 bits per heavy atom. The van der Waals surface area contributed by atoms with E-state index in [2.05, 4.69) is 23.3 Å². The quantitative estimate of drug-likeness (QED) is 0.424. The molecule has 158 valence electrons. The van der Waals surface area contributed by atoms with Crippen molar-refractivity contribution in [1.82, 2.24) is 14.5 Å². The van der Waals surface area contributed by atoms with Crippen LogP contribution in [0.3, 0.4) is 0 Å². The molecule has 4 rings (SSSR count). The number of aromatic nitrogens is 3. The van der Waals surface area contributed by atoms with E-state index in [1.165, 1.54) is 23.1 Å². The maximum atomic E-state index is 12.9. The minimum atomic E-state index is -0.174. The summed E-state index contributed by atoms with van der Waals surface area (Å²) in [5, 5.41) is 4.33. The summed E-state index contributed by atoms with van der Waals surface area (Å²) in [5.74, 6) is -0.0258. The van der Waals surface area contributed by atoms with Gasteiger partial charge in [0.1, 0.15) is 0 Å². The molecular weight excluding hydrogens is 440 g/mol. The van der Waals surface area contributed by atoms with Crippen molar-refractivity contribution in [3.8, 4) is 0 Å². The molecule has 0 radical (unpaired) electrons. The lowest BCUT2D eigenvalue weighted by atomic mass is 10.2. The van der Waals surface area contributed by atoms with E-state index in [0.29, 0.717) is 28.7 Å². The largest absolute Gasteiger partial charge is 0.383 e. The first-order chi connectivity index (χ1) is 14.4. The maximum Gasteiger partial charge on any atom is 0.268 e. The van der Waals surface area contributed by atoms with E-state index in [4.69, 9.17) is 9.72 Å². The molecule has 1 amide bonds. The number of fused-ring (bicyclic) bond motifs is 2. The molecule has 1 aliphatic rings. The Hall–Kier alpha value is -1.88. The number of anilines is 1. The van der Waals surface area contributed by atoms with E-state index in [0.717, 1.165) is 32.8 Å². The average Bonchev–Trinajstić information content (AvgIpc) is 3.27. The minimum Gasteiger partial charge on any atom is -0.383 e. The molecule has 3 heterocycles. The predicted octanol–water partition coefficient (Wildman–Crippen LogP) is 3.58. The molecule has 30 heavy (non-hydrogen) atoms. The number of thiazole rings is 1. The molecule has 0 aliphatic carbocycles. The van der Waals surface area contributed by atoms with Gasteiger partial charge < -0.3 is 10.1 Å². The van der Waals surface area contributed by atoms with Gasteiger partial charge in [0.2, 0.25) is 5.91 Å². The van der Waals surface area contributed by atoms with Gasteiger partial charge in [-0.15, -0.1) is 11.8 Å². The van der Waals surface area contributed by atoms with Crippen molar-refractivity contribution in [3.63, 3.8) is 0 Å². The van der Waals surface area contributed by atoms with E-state index in [9.17, 15) is 9.59 Å². The van der Waals surface area contributed by atoms with Crippen LogP contribution in [0.1, 0.15) is 18.2 Å². The van der Waals surface area contributed by atoms with Crippen LogP contribution in [0, 0.1) is 6.92 Å². The molecule has 0 saturated carbocycles. The number of hydrogen-bond acceptors (Lipinski definition) is 8. The van der Waals surface area contributed by atoms with E-state index < -0.39 is 0 Å². The second-order valence-electron chi connectivity index (χ2n) is 7.08. The summed E-state index contributed by atoms with van der Waals surface area (Å²) in [6.07, 6.45) is 0.769. The smallest absolute Gasteiger partial charge is 0.268 e. The van der Waals surface area contributed by atoms with Gasteiger partial charge in [-0.1, -0.05) is 36.1 Å². The van der Waals surface area contributed by atoms with Gasteiger partial charge in [-0.05, 0) is 24.6 Å². The summed E-state index contributed by atoms with van der Waals surface area (Å²) in [7, 11) is 1.60. The van der Waals surface area contributed by atoms with Crippen molar-refractivity contribution in [2.75, 3.05) is 24.8 Å². The number of nitrogens with one attached hydrogen (secondary N) is 1. The molecule has 1 N–H and O–H groups in total. The number of rotatable bonds is 7. The lowest BCUT2D eigenvalue weighted by molar-refractivity contribution is -0.113. The van der Waals surface area contributed by atoms with Crippen LogP contribution in [0.4, 0.5) is 5.13 Å². The van der Waals surface area contributed by atoms with Crippen molar-refractivity contribution in [2.45, 2.75) is 42.1 Å². The third kappa shape index (κ3) is 4.56. The van der Waals surface area contributed by atoms with Crippen LogP contribution in [0.15, 0.2) is 33.0 Å². The summed E-state index contributed by atoms with van der Waals surface area (Å²) < 4.78 is 7.81. The molecule has 7 nitrogen and oxygen atoms in total. The van der Waals surface area contributed by atoms with Crippen LogP contribution in [-0.2, 0) is 22.5 Å². The average molecular weight is 463 g/mol. The molecule has 10 heteroatoms. The first-order valence-electron chi connectivity index (χ1n) is 9.53. The van der Waals surface area contributed by atoms with E-state index in [-0.39, 0.29) is 17.2 Å². The van der Waals surface area contributed by atoms with E-state index in [1.807, 2.05) is 19.1 Å². The van der Waals surface area contributed by atoms with Gasteiger partial charge in [0.15, 0.2) is 10.3 Å². The zero-order valence-corrected chi connectivity index (χ0v) is 19.4. The highest BCUT2D eigenvalue weighted by Gasteiger charge is 2.26. The molecule has 1 atom stereocenters. The number of carbonyl (C=O) groups excluding carboxylic acids is 1. The highest BCUT2D eigenvalue weighted by Crippen LogP contribution is 2.34. The number of carbonyl (C=O) groups is 1. The number of ether oxygens (including phenoxy) is 1. The molecule has 0 spiro atoms. The summed E-state index contributed by atoms with van der Waals surface area (Å²) in [6.45, 7) is 4.93. The highest BCUT2D eigenvalue weighted by molar-refractivity contribution is 8.00. The summed E-state index contributed by atoms with van der Waals surface area (Å²) in [4.78, 5) is 35.3. The topological polar surface area (TPSA) is 86.1 Å². The molecule has 0 bridgehead atoms. The van der Waals surface area contributed by atoms with Crippen LogP contribution in [0.25, 0.3) is 10.2 Å². The summed E-state index contributed by atoms with van der Waals surface area (Å²) >= 11 is 4.29. The lowest BCUT2D eigenvalue weighted by Crippen LogP contribution is -2.27. The Bertz CT molecular complexity index is 1160. The van der Waals surface area contributed by atoms with Crippen molar-refractivity contribution < 1.29 is 9.53 Å². The Kier molecular flexibility index (Phi) is 6.47. The predicted molar refractivity (Wildman–Crippen MR) is 123 cm³/mol. The Balaban J connectivity index is 1.49. The summed E-state index contributed by atoms with van der Waals surface area (Å²) in [5.41, 5.74) is 2.81. The first kappa shape index (κ1) is 21.4.